The number of unbranched alkanes of at least 4 members (excludes halogenated alkanes) is 14. The Balaban J connectivity index is 3.31. The maximum Gasteiger partial charge on any atom is 0.0917 e. The van der Waals surface area contributed by atoms with Gasteiger partial charge in [-0.3, -0.25) is 4.48 Å². The summed E-state index contributed by atoms with van der Waals surface area (Å²) in [7, 11) is 0. The molecule has 0 heterocycles. The van der Waals surface area contributed by atoms with Crippen LogP contribution in [0.3, 0.4) is 0 Å². The summed E-state index contributed by atoms with van der Waals surface area (Å²) in [5, 5.41) is 0. The van der Waals surface area contributed by atoms with Gasteiger partial charge in [-0.2, -0.15) is 0 Å². The fraction of sp³-hybridized carbons (Fsp3) is 0.917. The summed E-state index contributed by atoms with van der Waals surface area (Å²) in [4.78, 5) is 0. The number of quaternary nitrogens is 1. The summed E-state index contributed by atoms with van der Waals surface area (Å²) in [6.07, 6.45) is 26.4. The molecule has 0 aromatic rings. The highest BCUT2D eigenvalue weighted by atomic mass is 15.3. The van der Waals surface area contributed by atoms with Crippen molar-refractivity contribution < 1.29 is 4.48 Å². The van der Waals surface area contributed by atoms with Crippen molar-refractivity contribution in [1.29, 1.82) is 0 Å². The Morgan fingerprint density at radius 2 is 0.840 bits per heavy atom. The van der Waals surface area contributed by atoms with E-state index in [1.165, 1.54) is 116 Å². The molecule has 25 heavy (non-hydrogen) atoms. The van der Waals surface area contributed by atoms with Crippen LogP contribution < -0.4 is 0 Å². The van der Waals surface area contributed by atoms with Crippen LogP contribution in [0.4, 0.5) is 0 Å². The van der Waals surface area contributed by atoms with E-state index in [9.17, 15) is 0 Å². The Kier molecular flexibility index (Phi) is 18.3. The molecule has 0 N–H and O–H groups in total. The molecule has 0 atom stereocenters. The maximum atomic E-state index is 2.46. The van der Waals surface area contributed by atoms with Gasteiger partial charge in [0.2, 0.25) is 0 Å². The summed E-state index contributed by atoms with van der Waals surface area (Å²) in [5.74, 6) is 0. The summed E-state index contributed by atoms with van der Waals surface area (Å²) < 4.78 is 1.15. The van der Waals surface area contributed by atoms with Crippen molar-refractivity contribution in [2.24, 2.45) is 0 Å². The molecule has 0 radical (unpaired) electrons. The molecule has 0 amide bonds. The quantitative estimate of drug-likeness (QED) is 0.162. The van der Waals surface area contributed by atoms with Crippen molar-refractivity contribution in [3.05, 3.63) is 12.3 Å². The molecule has 0 aliphatic heterocycles. The Hall–Kier alpha value is -0.300. The van der Waals surface area contributed by atoms with Crippen molar-refractivity contribution in [2.45, 2.75) is 124 Å². The lowest BCUT2D eigenvalue weighted by Crippen LogP contribution is -2.41. The van der Waals surface area contributed by atoms with E-state index in [0.29, 0.717) is 0 Å². The molecule has 0 fully saturated rings. The highest BCUT2D eigenvalue weighted by molar-refractivity contribution is 4.74. The van der Waals surface area contributed by atoms with Crippen LogP contribution in [-0.2, 0) is 0 Å². The molecule has 0 aromatic carbocycles. The molecule has 150 valence electrons. The van der Waals surface area contributed by atoms with Gasteiger partial charge in [0.1, 0.15) is 0 Å². The van der Waals surface area contributed by atoms with Gasteiger partial charge in [0, 0.05) is 0 Å². The first-order valence-corrected chi connectivity index (χ1v) is 11.8. The molecule has 0 spiro atoms. The summed E-state index contributed by atoms with van der Waals surface area (Å²) in [5.41, 5.74) is 0. The van der Waals surface area contributed by atoms with Gasteiger partial charge in [0.25, 0.3) is 0 Å². The van der Waals surface area contributed by atoms with E-state index in [1.54, 1.807) is 0 Å². The summed E-state index contributed by atoms with van der Waals surface area (Å²) in [6.45, 7) is 12.9. The van der Waals surface area contributed by atoms with Crippen molar-refractivity contribution >= 4 is 0 Å². The summed E-state index contributed by atoms with van der Waals surface area (Å²) >= 11 is 0. The molecule has 1 heteroatoms. The van der Waals surface area contributed by atoms with Crippen LogP contribution in [0.5, 0.6) is 0 Å². The average Bonchev–Trinajstić information content (AvgIpc) is 2.65. The second-order valence-electron chi connectivity index (χ2n) is 7.94. The molecular weight excluding hydrogens is 302 g/mol. The lowest BCUT2D eigenvalue weighted by Gasteiger charge is -2.31. The topological polar surface area (TPSA) is 0 Å². The largest absolute Gasteiger partial charge is 0.298 e. The number of hydrogen-bond donors (Lipinski definition) is 0. The predicted octanol–water partition coefficient (Wildman–Crippen LogP) is 8.25. The molecule has 0 aromatic heterocycles. The van der Waals surface area contributed by atoms with Gasteiger partial charge in [-0.05, 0) is 39.7 Å². The van der Waals surface area contributed by atoms with Crippen molar-refractivity contribution in [3.8, 4) is 0 Å². The van der Waals surface area contributed by atoms with Crippen molar-refractivity contribution in [2.75, 3.05) is 19.6 Å². The van der Waals surface area contributed by atoms with E-state index in [0.717, 1.165) is 4.48 Å². The zero-order chi connectivity index (χ0) is 18.6. The van der Waals surface area contributed by atoms with Crippen molar-refractivity contribution in [3.63, 3.8) is 0 Å². The van der Waals surface area contributed by atoms with Crippen LogP contribution in [0.25, 0.3) is 0 Å². The van der Waals surface area contributed by atoms with Crippen LogP contribution in [-0.4, -0.2) is 24.1 Å². The lowest BCUT2D eigenvalue weighted by molar-refractivity contribution is -0.874. The fourth-order valence-electron chi connectivity index (χ4n) is 3.74. The first-order valence-electron chi connectivity index (χ1n) is 11.8. The number of hydrogen-bond acceptors (Lipinski definition) is 0. The Labute approximate surface area is 160 Å². The fourth-order valence-corrected chi connectivity index (χ4v) is 3.74. The average molecular weight is 353 g/mol. The SMILES string of the molecule is CCCCCCCCCCCCCCCCC=C[N+](CC)(CC)CC. The van der Waals surface area contributed by atoms with E-state index in [4.69, 9.17) is 0 Å². The van der Waals surface area contributed by atoms with Gasteiger partial charge < -0.3 is 0 Å². The minimum atomic E-state index is 1.15. The molecule has 0 rings (SSSR count). The van der Waals surface area contributed by atoms with Gasteiger partial charge in [0.15, 0.2) is 0 Å². The number of rotatable bonds is 19. The number of nitrogens with zero attached hydrogens (tertiary/aromatic N) is 1. The molecule has 0 aliphatic carbocycles. The highest BCUT2D eigenvalue weighted by Crippen LogP contribution is 2.14. The van der Waals surface area contributed by atoms with Gasteiger partial charge in [-0.1, -0.05) is 90.4 Å². The monoisotopic (exact) mass is 352 g/mol. The van der Waals surface area contributed by atoms with Crippen LogP contribution in [0.15, 0.2) is 12.3 Å². The van der Waals surface area contributed by atoms with Gasteiger partial charge >= 0.3 is 0 Å². The molecule has 0 aliphatic rings. The zero-order valence-corrected chi connectivity index (χ0v) is 18.3. The Bertz CT molecular complexity index is 270. The molecule has 0 saturated carbocycles. The minimum Gasteiger partial charge on any atom is -0.298 e. The van der Waals surface area contributed by atoms with E-state index in [1.807, 2.05) is 0 Å². The number of allylic oxidation sites excluding steroid dienone is 1. The first-order chi connectivity index (χ1) is 12.2. The molecule has 0 saturated heterocycles. The third kappa shape index (κ3) is 14.5. The first kappa shape index (κ1) is 24.7. The molecular formula is C24H50N+. The van der Waals surface area contributed by atoms with Crippen LogP contribution >= 0.6 is 0 Å². The van der Waals surface area contributed by atoms with Crippen LogP contribution in [0, 0.1) is 0 Å². The molecule has 0 unspecified atom stereocenters. The van der Waals surface area contributed by atoms with E-state index in [-0.39, 0.29) is 0 Å². The smallest absolute Gasteiger partial charge is 0.0917 e. The standard InChI is InChI=1S/C24H50N/c1-5-9-10-11-12-13-14-15-16-17-18-19-20-21-22-23-24-25(6-2,7-3)8-4/h23-24H,5-22H2,1-4H3/q+1. The van der Waals surface area contributed by atoms with E-state index >= 15 is 0 Å². The molecule has 0 bridgehead atoms. The van der Waals surface area contributed by atoms with E-state index < -0.39 is 0 Å². The third-order valence-electron chi connectivity index (χ3n) is 6.04. The van der Waals surface area contributed by atoms with Crippen LogP contribution in [0.1, 0.15) is 124 Å². The normalized spacial score (nSPS) is 12.3. The molecule has 1 nitrogen and oxygen atoms in total. The zero-order valence-electron chi connectivity index (χ0n) is 18.3. The minimum absolute atomic E-state index is 1.15. The van der Waals surface area contributed by atoms with Crippen LogP contribution in [0.2, 0.25) is 0 Å². The van der Waals surface area contributed by atoms with Gasteiger partial charge in [0.05, 0.1) is 25.8 Å². The predicted molar refractivity (Wildman–Crippen MR) is 116 cm³/mol. The second kappa shape index (κ2) is 18.5. The second-order valence-corrected chi connectivity index (χ2v) is 7.94. The lowest BCUT2D eigenvalue weighted by atomic mass is 10.0. The van der Waals surface area contributed by atoms with E-state index in [2.05, 4.69) is 40.0 Å². The maximum absolute atomic E-state index is 2.46. The van der Waals surface area contributed by atoms with Crippen molar-refractivity contribution in [1.82, 2.24) is 0 Å². The Morgan fingerprint density at radius 3 is 1.20 bits per heavy atom. The highest BCUT2D eigenvalue weighted by Gasteiger charge is 2.15. The third-order valence-corrected chi connectivity index (χ3v) is 6.04. The Morgan fingerprint density at radius 1 is 0.480 bits per heavy atom. The van der Waals surface area contributed by atoms with Gasteiger partial charge in [-0.25, -0.2) is 0 Å². The van der Waals surface area contributed by atoms with Gasteiger partial charge in [-0.15, -0.1) is 0 Å². The summed E-state index contributed by atoms with van der Waals surface area (Å²) in [6, 6.07) is 0.